The molecule has 0 saturated heterocycles. The number of nitrogens with two attached hydrogens (primary N) is 1. The monoisotopic (exact) mass is 268 g/mol. The molecule has 3 aromatic rings. The van der Waals surface area contributed by atoms with Gasteiger partial charge < -0.3 is 14.9 Å². The van der Waals surface area contributed by atoms with Crippen molar-refractivity contribution in [3.63, 3.8) is 0 Å². The Kier molecular flexibility index (Phi) is 3.06. The second-order valence-electron chi connectivity index (χ2n) is 4.90. The Hall–Kier alpha value is -2.49. The van der Waals surface area contributed by atoms with Crippen molar-refractivity contribution in [3.05, 3.63) is 42.5 Å². The number of fused-ring (bicyclic) bond motifs is 1. The average molecular weight is 268 g/mol. The number of nitrogen functional groups attached to an aromatic ring is 1. The maximum Gasteiger partial charge on any atom is 0.227 e. The van der Waals surface area contributed by atoms with Gasteiger partial charge in [0.2, 0.25) is 5.89 Å². The molecule has 1 heterocycles. The van der Waals surface area contributed by atoms with Crippen LogP contribution in [0.3, 0.4) is 0 Å². The predicted octanol–water partition coefficient (Wildman–Crippen LogP) is 3.86. The summed E-state index contributed by atoms with van der Waals surface area (Å²) in [6.07, 6.45) is 0.157. The van der Waals surface area contributed by atoms with Crippen LogP contribution in [-0.4, -0.2) is 11.1 Å². The molecule has 102 valence electrons. The first-order chi connectivity index (χ1) is 9.63. The van der Waals surface area contributed by atoms with Crippen molar-refractivity contribution >= 4 is 16.8 Å². The molecule has 0 bridgehead atoms. The van der Waals surface area contributed by atoms with Crippen LogP contribution < -0.4 is 10.5 Å². The van der Waals surface area contributed by atoms with E-state index in [1.165, 1.54) is 0 Å². The number of rotatable bonds is 3. The molecule has 0 aliphatic carbocycles. The average Bonchev–Trinajstić information content (AvgIpc) is 2.84. The van der Waals surface area contributed by atoms with Crippen molar-refractivity contribution in [2.24, 2.45) is 0 Å². The Morgan fingerprint density at radius 2 is 1.85 bits per heavy atom. The molecule has 2 aromatic carbocycles. The smallest absolute Gasteiger partial charge is 0.227 e. The third-order valence-corrected chi connectivity index (χ3v) is 2.92. The van der Waals surface area contributed by atoms with Gasteiger partial charge in [-0.3, -0.25) is 0 Å². The first kappa shape index (κ1) is 12.5. The fourth-order valence-corrected chi connectivity index (χ4v) is 2.04. The summed E-state index contributed by atoms with van der Waals surface area (Å²) >= 11 is 0. The maximum absolute atomic E-state index is 5.88. The van der Waals surface area contributed by atoms with Crippen LogP contribution in [-0.2, 0) is 0 Å². The summed E-state index contributed by atoms with van der Waals surface area (Å²) in [5.74, 6) is 1.40. The fraction of sp³-hybridized carbons (Fsp3) is 0.188. The van der Waals surface area contributed by atoms with Gasteiger partial charge in [0.25, 0.3) is 0 Å². The Labute approximate surface area is 117 Å². The predicted molar refractivity (Wildman–Crippen MR) is 79.6 cm³/mol. The number of oxazole rings is 1. The number of hydrogen-bond acceptors (Lipinski definition) is 4. The summed E-state index contributed by atoms with van der Waals surface area (Å²) in [6, 6.07) is 13.2. The Balaban J connectivity index is 1.96. The molecular formula is C16H16N2O2. The fourth-order valence-electron chi connectivity index (χ4n) is 2.04. The summed E-state index contributed by atoms with van der Waals surface area (Å²) < 4.78 is 11.3. The number of para-hydroxylation sites is 1. The van der Waals surface area contributed by atoms with E-state index < -0.39 is 0 Å². The summed E-state index contributed by atoms with van der Waals surface area (Å²) in [5, 5.41) is 0. The zero-order valence-corrected chi connectivity index (χ0v) is 11.5. The van der Waals surface area contributed by atoms with Crippen molar-refractivity contribution in [2.45, 2.75) is 20.0 Å². The summed E-state index contributed by atoms with van der Waals surface area (Å²) in [7, 11) is 0. The van der Waals surface area contributed by atoms with Gasteiger partial charge in [0.05, 0.1) is 11.8 Å². The number of nitrogens with zero attached hydrogens (tertiary/aromatic N) is 1. The zero-order chi connectivity index (χ0) is 14.1. The lowest BCUT2D eigenvalue weighted by Crippen LogP contribution is -2.05. The van der Waals surface area contributed by atoms with Crippen molar-refractivity contribution in [2.75, 3.05) is 5.73 Å². The minimum atomic E-state index is 0.157. The molecule has 0 spiro atoms. The van der Waals surface area contributed by atoms with E-state index in [1.807, 2.05) is 56.3 Å². The number of anilines is 1. The van der Waals surface area contributed by atoms with E-state index >= 15 is 0 Å². The molecule has 0 saturated carbocycles. The summed E-state index contributed by atoms with van der Waals surface area (Å²) in [6.45, 7) is 4.00. The molecule has 1 aromatic heterocycles. The quantitative estimate of drug-likeness (QED) is 0.732. The van der Waals surface area contributed by atoms with E-state index in [0.29, 0.717) is 22.7 Å². The Bertz CT molecular complexity index is 730. The van der Waals surface area contributed by atoms with Gasteiger partial charge in [-0.1, -0.05) is 6.07 Å². The number of benzene rings is 2. The van der Waals surface area contributed by atoms with Gasteiger partial charge in [-0.2, -0.15) is 0 Å². The Morgan fingerprint density at radius 1 is 1.10 bits per heavy atom. The van der Waals surface area contributed by atoms with Gasteiger partial charge in [-0.25, -0.2) is 4.98 Å². The second-order valence-corrected chi connectivity index (χ2v) is 4.90. The molecule has 4 heteroatoms. The highest BCUT2D eigenvalue weighted by atomic mass is 16.5. The molecule has 3 rings (SSSR count). The lowest BCUT2D eigenvalue weighted by atomic mass is 10.2. The van der Waals surface area contributed by atoms with Gasteiger partial charge in [-0.05, 0) is 50.2 Å². The lowest BCUT2D eigenvalue weighted by molar-refractivity contribution is 0.242. The van der Waals surface area contributed by atoms with Crippen LogP contribution in [0.25, 0.3) is 22.6 Å². The van der Waals surface area contributed by atoms with Gasteiger partial charge in [0, 0.05) is 5.56 Å². The third-order valence-electron chi connectivity index (χ3n) is 2.92. The number of ether oxygens (including phenoxy) is 1. The molecule has 0 aliphatic rings. The SMILES string of the molecule is CC(C)Oc1ccc(-c2nc3c(N)cccc3o2)cc1. The van der Waals surface area contributed by atoms with Crippen LogP contribution in [0.2, 0.25) is 0 Å². The van der Waals surface area contributed by atoms with Gasteiger partial charge in [-0.15, -0.1) is 0 Å². The van der Waals surface area contributed by atoms with E-state index in [2.05, 4.69) is 4.98 Å². The zero-order valence-electron chi connectivity index (χ0n) is 11.5. The van der Waals surface area contributed by atoms with Crippen LogP contribution >= 0.6 is 0 Å². The van der Waals surface area contributed by atoms with E-state index in [1.54, 1.807) is 0 Å². The van der Waals surface area contributed by atoms with Crippen LogP contribution in [0, 0.1) is 0 Å². The number of hydrogen-bond donors (Lipinski definition) is 1. The highest BCUT2D eigenvalue weighted by Crippen LogP contribution is 2.28. The molecule has 0 radical (unpaired) electrons. The maximum atomic E-state index is 5.88. The van der Waals surface area contributed by atoms with Gasteiger partial charge in [0.1, 0.15) is 11.3 Å². The first-order valence-electron chi connectivity index (χ1n) is 6.55. The molecule has 0 fully saturated rings. The molecule has 2 N–H and O–H groups in total. The first-order valence-corrected chi connectivity index (χ1v) is 6.55. The molecule has 0 aliphatic heterocycles. The minimum Gasteiger partial charge on any atom is -0.491 e. The molecule has 20 heavy (non-hydrogen) atoms. The summed E-state index contributed by atoms with van der Waals surface area (Å²) in [5.41, 5.74) is 8.80. The minimum absolute atomic E-state index is 0.157. The van der Waals surface area contributed by atoms with E-state index in [-0.39, 0.29) is 6.10 Å². The molecular weight excluding hydrogens is 252 g/mol. The van der Waals surface area contributed by atoms with Crippen molar-refractivity contribution in [1.82, 2.24) is 4.98 Å². The largest absolute Gasteiger partial charge is 0.491 e. The normalized spacial score (nSPS) is 11.2. The van der Waals surface area contributed by atoms with Crippen LogP contribution in [0.4, 0.5) is 5.69 Å². The van der Waals surface area contributed by atoms with Crippen LogP contribution in [0.5, 0.6) is 5.75 Å². The molecule has 0 amide bonds. The number of aromatic nitrogens is 1. The second kappa shape index (κ2) is 4.89. The van der Waals surface area contributed by atoms with Crippen LogP contribution in [0.15, 0.2) is 46.9 Å². The summed E-state index contributed by atoms with van der Waals surface area (Å²) in [4.78, 5) is 4.44. The van der Waals surface area contributed by atoms with E-state index in [9.17, 15) is 0 Å². The standard InChI is InChI=1S/C16H16N2O2/c1-10(2)19-12-8-6-11(7-9-12)16-18-15-13(17)4-3-5-14(15)20-16/h3-10H,17H2,1-2H3. The van der Waals surface area contributed by atoms with Crippen LogP contribution in [0.1, 0.15) is 13.8 Å². The topological polar surface area (TPSA) is 61.3 Å². The lowest BCUT2D eigenvalue weighted by Gasteiger charge is -2.09. The van der Waals surface area contributed by atoms with Gasteiger partial charge >= 0.3 is 0 Å². The molecule has 0 atom stereocenters. The highest BCUT2D eigenvalue weighted by molar-refractivity contribution is 5.87. The van der Waals surface area contributed by atoms with E-state index in [4.69, 9.17) is 14.9 Å². The van der Waals surface area contributed by atoms with Crippen molar-refractivity contribution < 1.29 is 9.15 Å². The van der Waals surface area contributed by atoms with Crippen molar-refractivity contribution in [1.29, 1.82) is 0 Å². The Morgan fingerprint density at radius 3 is 2.50 bits per heavy atom. The van der Waals surface area contributed by atoms with Gasteiger partial charge in [0.15, 0.2) is 5.58 Å². The third kappa shape index (κ3) is 2.32. The van der Waals surface area contributed by atoms with E-state index in [0.717, 1.165) is 11.3 Å². The van der Waals surface area contributed by atoms with Crippen molar-refractivity contribution in [3.8, 4) is 17.2 Å². The molecule has 4 nitrogen and oxygen atoms in total. The highest BCUT2D eigenvalue weighted by Gasteiger charge is 2.10. The molecule has 0 unspecified atom stereocenters.